The average molecular weight is 564 g/mol. The van der Waals surface area contributed by atoms with Crippen LogP contribution in [0.5, 0.6) is 17.2 Å². The Hall–Kier alpha value is -4.96. The topological polar surface area (TPSA) is 92.8 Å². The van der Waals surface area contributed by atoms with Crippen LogP contribution in [0.15, 0.2) is 83.8 Å². The van der Waals surface area contributed by atoms with E-state index in [2.05, 4.69) is 10.1 Å². The molecule has 3 aromatic carbocycles. The number of benzene rings is 3. The third-order valence-electron chi connectivity index (χ3n) is 6.81. The van der Waals surface area contributed by atoms with Gasteiger partial charge in [-0.05, 0) is 68.0 Å². The van der Waals surface area contributed by atoms with Gasteiger partial charge in [0.1, 0.15) is 18.1 Å². The fraction of sp³-hybridized carbons (Fsp3) is 0.161. The molecule has 0 aliphatic carbocycles. The number of nitrogens with zero attached hydrogens (tertiary/aromatic N) is 5. The molecule has 1 aliphatic heterocycles. The monoisotopic (exact) mass is 563 g/mol. The van der Waals surface area contributed by atoms with Gasteiger partial charge in [-0.25, -0.2) is 4.68 Å². The van der Waals surface area contributed by atoms with Crippen LogP contribution in [0.3, 0.4) is 0 Å². The van der Waals surface area contributed by atoms with Crippen LogP contribution in [0, 0.1) is 6.92 Å². The fourth-order valence-corrected chi connectivity index (χ4v) is 5.75. The molecule has 0 N–H and O–H groups in total. The second-order valence-electron chi connectivity index (χ2n) is 9.57. The number of para-hydroxylation sites is 3. The number of fused-ring (bicyclic) bond motifs is 2. The first-order valence-electron chi connectivity index (χ1n) is 13.3. The summed E-state index contributed by atoms with van der Waals surface area (Å²) in [6.45, 7) is 4.85. The highest BCUT2D eigenvalue weighted by atomic mass is 32.1. The van der Waals surface area contributed by atoms with Crippen molar-refractivity contribution in [2.45, 2.75) is 20.0 Å². The van der Waals surface area contributed by atoms with Gasteiger partial charge in [0.15, 0.2) is 23.4 Å². The Labute approximate surface area is 238 Å². The molecule has 204 valence electrons. The molecular weight excluding hydrogens is 538 g/mol. The van der Waals surface area contributed by atoms with Gasteiger partial charge >= 0.3 is 0 Å². The Bertz CT molecular complexity index is 2000. The fourth-order valence-electron chi connectivity index (χ4n) is 4.85. The van der Waals surface area contributed by atoms with Crippen LogP contribution in [0.4, 0.5) is 0 Å². The van der Waals surface area contributed by atoms with Crippen molar-refractivity contribution in [2.75, 3.05) is 13.2 Å². The van der Waals surface area contributed by atoms with E-state index in [4.69, 9.17) is 19.3 Å². The maximum absolute atomic E-state index is 13.5. The highest BCUT2D eigenvalue weighted by Crippen LogP contribution is 2.35. The lowest BCUT2D eigenvalue weighted by molar-refractivity contribution is 0.0852. The highest BCUT2D eigenvalue weighted by Gasteiger charge is 2.27. The Morgan fingerprint density at radius 2 is 1.85 bits per heavy atom. The van der Waals surface area contributed by atoms with Crippen LogP contribution in [-0.4, -0.2) is 37.6 Å². The number of rotatable bonds is 6. The highest BCUT2D eigenvalue weighted by molar-refractivity contribution is 7.15. The molecule has 9 nitrogen and oxygen atoms in total. The van der Waals surface area contributed by atoms with Crippen molar-refractivity contribution < 1.29 is 14.2 Å². The predicted octanol–water partition coefficient (Wildman–Crippen LogP) is 4.77. The molecule has 0 bridgehead atoms. The van der Waals surface area contributed by atoms with Gasteiger partial charge in [0, 0.05) is 17.3 Å². The van der Waals surface area contributed by atoms with Gasteiger partial charge in [0.2, 0.25) is 4.96 Å². The first-order valence-corrected chi connectivity index (χ1v) is 14.1. The van der Waals surface area contributed by atoms with Gasteiger partial charge < -0.3 is 14.2 Å². The van der Waals surface area contributed by atoms with E-state index >= 15 is 0 Å². The number of ether oxygens (including phenoxy) is 3. The maximum atomic E-state index is 13.5. The van der Waals surface area contributed by atoms with Gasteiger partial charge in [0.05, 0.1) is 16.8 Å². The molecule has 4 heterocycles. The zero-order chi connectivity index (χ0) is 27.9. The van der Waals surface area contributed by atoms with Crippen molar-refractivity contribution >= 4 is 22.4 Å². The average Bonchev–Trinajstić information content (AvgIpc) is 3.68. The third-order valence-corrected chi connectivity index (χ3v) is 7.77. The summed E-state index contributed by atoms with van der Waals surface area (Å²) in [7, 11) is 0. The minimum Gasteiger partial charge on any atom is -0.494 e. The van der Waals surface area contributed by atoms with Crippen LogP contribution < -0.4 is 24.3 Å². The first kappa shape index (κ1) is 25.0. The molecule has 10 heteroatoms. The lowest BCUT2D eigenvalue weighted by Crippen LogP contribution is -2.26. The molecule has 0 spiro atoms. The van der Waals surface area contributed by atoms with Crippen LogP contribution in [0.25, 0.3) is 28.0 Å². The summed E-state index contributed by atoms with van der Waals surface area (Å²) in [6.07, 6.45) is 3.30. The molecule has 0 radical (unpaired) electrons. The van der Waals surface area contributed by atoms with E-state index in [9.17, 15) is 4.79 Å². The number of aryl methyl sites for hydroxylation is 1. The minimum absolute atomic E-state index is 0.247. The molecule has 3 aromatic heterocycles. The molecule has 6 aromatic rings. The maximum Gasteiger partial charge on any atom is 0.291 e. The summed E-state index contributed by atoms with van der Waals surface area (Å²) in [5.41, 5.74) is 4.22. The van der Waals surface area contributed by atoms with Gasteiger partial charge in [-0.3, -0.25) is 4.79 Å². The van der Waals surface area contributed by atoms with E-state index in [-0.39, 0.29) is 12.2 Å². The van der Waals surface area contributed by atoms with E-state index in [1.54, 1.807) is 0 Å². The van der Waals surface area contributed by atoms with Crippen molar-refractivity contribution in [1.29, 1.82) is 0 Å². The Balaban J connectivity index is 1.29. The summed E-state index contributed by atoms with van der Waals surface area (Å²) in [6, 6.07) is 23.3. The standard InChI is InChI=1S/C31H25N5O4S/c1-3-38-22-13-14-23(19(2)15-22)28-20(17-35(33-28)21-9-5-4-6-10-21)16-27-30(37)36-31(41-27)32-29(34-36)26-18-39-24-11-7-8-12-25(24)40-26/h4-17,26H,3,18H2,1-2H3. The van der Waals surface area contributed by atoms with Crippen molar-refractivity contribution in [3.05, 3.63) is 111 Å². The zero-order valence-corrected chi connectivity index (χ0v) is 23.2. The lowest BCUT2D eigenvalue weighted by atomic mass is 10.0. The van der Waals surface area contributed by atoms with E-state index in [1.807, 2.05) is 104 Å². The zero-order valence-electron chi connectivity index (χ0n) is 22.4. The number of thiazole rings is 1. The van der Waals surface area contributed by atoms with E-state index in [0.717, 1.165) is 33.8 Å². The van der Waals surface area contributed by atoms with Crippen molar-refractivity contribution in [3.8, 4) is 34.2 Å². The third kappa shape index (κ3) is 4.62. The van der Waals surface area contributed by atoms with Crippen LogP contribution in [0.2, 0.25) is 0 Å². The number of hydrogen-bond donors (Lipinski definition) is 0. The molecule has 0 fully saturated rings. The van der Waals surface area contributed by atoms with E-state index < -0.39 is 6.10 Å². The Kier molecular flexibility index (Phi) is 6.24. The molecule has 1 aliphatic rings. The minimum atomic E-state index is -0.498. The Morgan fingerprint density at radius 3 is 2.63 bits per heavy atom. The van der Waals surface area contributed by atoms with Crippen LogP contribution >= 0.6 is 11.3 Å². The summed E-state index contributed by atoms with van der Waals surface area (Å²) in [5.74, 6) is 2.53. The second kappa shape index (κ2) is 10.2. The summed E-state index contributed by atoms with van der Waals surface area (Å²) < 4.78 is 21.2. The molecule has 0 saturated heterocycles. The Morgan fingerprint density at radius 1 is 1.05 bits per heavy atom. The first-order chi connectivity index (χ1) is 20.1. The van der Waals surface area contributed by atoms with Crippen molar-refractivity contribution in [3.63, 3.8) is 0 Å². The van der Waals surface area contributed by atoms with Crippen LogP contribution in [-0.2, 0) is 0 Å². The summed E-state index contributed by atoms with van der Waals surface area (Å²) >= 11 is 1.28. The van der Waals surface area contributed by atoms with Gasteiger partial charge in [0.25, 0.3) is 5.56 Å². The number of aromatic nitrogens is 5. The van der Waals surface area contributed by atoms with E-state index in [0.29, 0.717) is 33.4 Å². The number of hydrogen-bond acceptors (Lipinski definition) is 8. The molecule has 41 heavy (non-hydrogen) atoms. The largest absolute Gasteiger partial charge is 0.494 e. The normalized spacial score (nSPS) is 15.0. The van der Waals surface area contributed by atoms with Gasteiger partial charge in [-0.2, -0.15) is 14.6 Å². The summed E-state index contributed by atoms with van der Waals surface area (Å²) in [4.78, 5) is 18.6. The molecule has 0 saturated carbocycles. The van der Waals surface area contributed by atoms with Crippen LogP contribution in [0.1, 0.15) is 30.0 Å². The molecule has 1 atom stereocenters. The predicted molar refractivity (Wildman–Crippen MR) is 156 cm³/mol. The SMILES string of the molecule is CCOc1ccc(-c2nn(-c3ccccc3)cc2C=c2sc3nc(C4COc5ccccc5O4)nn3c2=O)c(C)c1. The van der Waals surface area contributed by atoms with Crippen molar-refractivity contribution in [1.82, 2.24) is 24.4 Å². The molecule has 0 amide bonds. The van der Waals surface area contributed by atoms with Crippen molar-refractivity contribution in [2.24, 2.45) is 0 Å². The molecule has 1 unspecified atom stereocenters. The molecular formula is C31H25N5O4S. The smallest absolute Gasteiger partial charge is 0.291 e. The van der Waals surface area contributed by atoms with E-state index in [1.165, 1.54) is 15.9 Å². The van der Waals surface area contributed by atoms with Gasteiger partial charge in [-0.1, -0.05) is 41.7 Å². The quantitative estimate of drug-likeness (QED) is 0.288. The summed E-state index contributed by atoms with van der Waals surface area (Å²) in [5, 5.41) is 9.42. The van der Waals surface area contributed by atoms with Gasteiger partial charge in [-0.15, -0.1) is 5.10 Å². The molecule has 7 rings (SSSR count). The lowest BCUT2D eigenvalue weighted by Gasteiger charge is -2.24. The second-order valence-corrected chi connectivity index (χ2v) is 10.6.